The van der Waals surface area contributed by atoms with E-state index in [4.69, 9.17) is 14.6 Å². The molecule has 24 heavy (non-hydrogen) atoms. The van der Waals surface area contributed by atoms with Crippen molar-refractivity contribution in [2.75, 3.05) is 6.61 Å². The second-order valence-corrected chi connectivity index (χ2v) is 5.25. The van der Waals surface area contributed by atoms with Crippen molar-refractivity contribution >= 4 is 12.1 Å². The second-order valence-electron chi connectivity index (χ2n) is 5.25. The number of hydrogen-bond acceptors (Lipinski definition) is 4. The number of benzene rings is 2. The number of carboxylic acid groups (broad SMARTS) is 1. The second kappa shape index (κ2) is 8.57. The SMILES string of the molecule is CC(COc1cccc(C(=O)O)c1)NC(=O)OCc1ccccc1. The van der Waals surface area contributed by atoms with Crippen LogP contribution < -0.4 is 10.1 Å². The summed E-state index contributed by atoms with van der Waals surface area (Å²) in [6, 6.07) is 15.3. The molecule has 0 aliphatic carbocycles. The zero-order chi connectivity index (χ0) is 17.4. The fourth-order valence-electron chi connectivity index (χ4n) is 1.95. The van der Waals surface area contributed by atoms with Gasteiger partial charge in [-0.1, -0.05) is 36.4 Å². The summed E-state index contributed by atoms with van der Waals surface area (Å²) in [5.74, 6) is -0.586. The molecule has 1 atom stereocenters. The van der Waals surface area contributed by atoms with Gasteiger partial charge in [0.05, 0.1) is 11.6 Å². The largest absolute Gasteiger partial charge is 0.491 e. The topological polar surface area (TPSA) is 84.9 Å². The third kappa shape index (κ3) is 5.64. The van der Waals surface area contributed by atoms with Crippen molar-refractivity contribution in [1.29, 1.82) is 0 Å². The maximum absolute atomic E-state index is 11.7. The van der Waals surface area contributed by atoms with Crippen LogP contribution in [0.2, 0.25) is 0 Å². The Kier molecular flexibility index (Phi) is 6.19. The molecule has 6 heteroatoms. The van der Waals surface area contributed by atoms with Crippen LogP contribution in [0.15, 0.2) is 54.6 Å². The van der Waals surface area contributed by atoms with E-state index in [-0.39, 0.29) is 24.8 Å². The van der Waals surface area contributed by atoms with E-state index in [0.717, 1.165) is 5.56 Å². The molecule has 0 aliphatic rings. The van der Waals surface area contributed by atoms with Crippen molar-refractivity contribution in [3.63, 3.8) is 0 Å². The van der Waals surface area contributed by atoms with Crippen LogP contribution in [-0.4, -0.2) is 29.8 Å². The van der Waals surface area contributed by atoms with E-state index in [1.54, 1.807) is 19.1 Å². The molecule has 2 rings (SSSR count). The lowest BCUT2D eigenvalue weighted by molar-refractivity contribution is 0.0696. The predicted molar refractivity (Wildman–Crippen MR) is 88.1 cm³/mol. The van der Waals surface area contributed by atoms with Crippen molar-refractivity contribution in [2.24, 2.45) is 0 Å². The van der Waals surface area contributed by atoms with E-state index in [1.165, 1.54) is 12.1 Å². The monoisotopic (exact) mass is 329 g/mol. The summed E-state index contributed by atoms with van der Waals surface area (Å²) in [5, 5.41) is 11.6. The van der Waals surface area contributed by atoms with Crippen LogP contribution in [-0.2, 0) is 11.3 Å². The molecule has 0 spiro atoms. The normalized spacial score (nSPS) is 11.4. The highest BCUT2D eigenvalue weighted by Crippen LogP contribution is 2.13. The molecular weight excluding hydrogens is 310 g/mol. The lowest BCUT2D eigenvalue weighted by Crippen LogP contribution is -2.37. The molecule has 2 aromatic carbocycles. The molecule has 0 aromatic heterocycles. The first-order valence-electron chi connectivity index (χ1n) is 7.48. The standard InChI is InChI=1S/C18H19NO5/c1-13(11-23-16-9-5-8-15(10-16)17(20)21)19-18(22)24-12-14-6-3-2-4-7-14/h2-10,13H,11-12H2,1H3,(H,19,22)(H,20,21). The van der Waals surface area contributed by atoms with Crippen LogP contribution in [0.25, 0.3) is 0 Å². The summed E-state index contributed by atoms with van der Waals surface area (Å²) in [6.45, 7) is 2.16. The van der Waals surface area contributed by atoms with Gasteiger partial charge in [-0.15, -0.1) is 0 Å². The van der Waals surface area contributed by atoms with Gasteiger partial charge in [0.1, 0.15) is 19.0 Å². The Hall–Kier alpha value is -3.02. The molecule has 0 fully saturated rings. The van der Waals surface area contributed by atoms with Crippen LogP contribution in [0.1, 0.15) is 22.8 Å². The Morgan fingerprint density at radius 3 is 2.58 bits per heavy atom. The number of ether oxygens (including phenoxy) is 2. The number of nitrogens with one attached hydrogen (secondary N) is 1. The minimum absolute atomic E-state index is 0.149. The van der Waals surface area contributed by atoms with Gasteiger partial charge in [0, 0.05) is 0 Å². The van der Waals surface area contributed by atoms with Crippen molar-refractivity contribution in [3.8, 4) is 5.75 Å². The van der Waals surface area contributed by atoms with Gasteiger partial charge in [0.25, 0.3) is 0 Å². The van der Waals surface area contributed by atoms with E-state index in [2.05, 4.69) is 5.32 Å². The van der Waals surface area contributed by atoms with E-state index >= 15 is 0 Å². The minimum atomic E-state index is -1.02. The molecule has 2 N–H and O–H groups in total. The Balaban J connectivity index is 1.74. The molecule has 2 aromatic rings. The number of aromatic carboxylic acids is 1. The van der Waals surface area contributed by atoms with E-state index in [0.29, 0.717) is 5.75 Å². The van der Waals surface area contributed by atoms with Gasteiger partial charge in [-0.05, 0) is 30.7 Å². The fourth-order valence-corrected chi connectivity index (χ4v) is 1.95. The molecule has 0 saturated heterocycles. The highest BCUT2D eigenvalue weighted by Gasteiger charge is 2.10. The maximum Gasteiger partial charge on any atom is 0.407 e. The number of hydrogen-bond donors (Lipinski definition) is 2. The average Bonchev–Trinajstić information content (AvgIpc) is 2.59. The van der Waals surface area contributed by atoms with E-state index in [9.17, 15) is 9.59 Å². The van der Waals surface area contributed by atoms with E-state index in [1.807, 2.05) is 30.3 Å². The van der Waals surface area contributed by atoms with Gasteiger partial charge in [-0.3, -0.25) is 0 Å². The molecule has 126 valence electrons. The number of carbonyl (C=O) groups is 2. The summed E-state index contributed by atoms with van der Waals surface area (Å²) < 4.78 is 10.6. The molecule has 1 amide bonds. The van der Waals surface area contributed by atoms with Gasteiger partial charge >= 0.3 is 12.1 Å². The first-order valence-corrected chi connectivity index (χ1v) is 7.48. The number of carboxylic acids is 1. The number of carbonyl (C=O) groups excluding carboxylic acids is 1. The van der Waals surface area contributed by atoms with Gasteiger partial charge in [-0.25, -0.2) is 9.59 Å². The highest BCUT2D eigenvalue weighted by atomic mass is 16.5. The first kappa shape index (κ1) is 17.3. The molecule has 0 radical (unpaired) electrons. The summed E-state index contributed by atoms with van der Waals surface area (Å²) in [5.41, 5.74) is 1.05. The first-order chi connectivity index (χ1) is 11.5. The number of rotatable bonds is 7. The summed E-state index contributed by atoms with van der Waals surface area (Å²) in [4.78, 5) is 22.6. The van der Waals surface area contributed by atoms with Crippen molar-refractivity contribution in [1.82, 2.24) is 5.32 Å². The minimum Gasteiger partial charge on any atom is -0.491 e. The molecule has 1 unspecified atom stereocenters. The zero-order valence-corrected chi connectivity index (χ0v) is 13.3. The maximum atomic E-state index is 11.7. The van der Waals surface area contributed by atoms with Crippen LogP contribution in [0.5, 0.6) is 5.75 Å². The molecular formula is C18H19NO5. The Bertz CT molecular complexity index is 687. The average molecular weight is 329 g/mol. The third-order valence-corrected chi connectivity index (χ3v) is 3.16. The predicted octanol–water partition coefficient (Wildman–Crippen LogP) is 3.08. The summed E-state index contributed by atoms with van der Waals surface area (Å²) >= 11 is 0. The molecule has 6 nitrogen and oxygen atoms in total. The van der Waals surface area contributed by atoms with Crippen molar-refractivity contribution in [3.05, 3.63) is 65.7 Å². The van der Waals surface area contributed by atoms with Crippen molar-refractivity contribution < 1.29 is 24.2 Å². The Morgan fingerprint density at radius 2 is 1.88 bits per heavy atom. The number of amides is 1. The number of alkyl carbamates (subject to hydrolysis) is 1. The van der Waals surface area contributed by atoms with Crippen LogP contribution >= 0.6 is 0 Å². The highest BCUT2D eigenvalue weighted by molar-refractivity contribution is 5.88. The molecule has 0 heterocycles. The van der Waals surface area contributed by atoms with Gasteiger partial charge < -0.3 is 19.9 Å². The summed E-state index contributed by atoms with van der Waals surface area (Å²) in [7, 11) is 0. The third-order valence-electron chi connectivity index (χ3n) is 3.16. The molecule has 0 saturated carbocycles. The van der Waals surface area contributed by atoms with Crippen LogP contribution in [0, 0.1) is 0 Å². The lowest BCUT2D eigenvalue weighted by atomic mass is 10.2. The van der Waals surface area contributed by atoms with Crippen LogP contribution in [0.3, 0.4) is 0 Å². The quantitative estimate of drug-likeness (QED) is 0.815. The molecule has 0 aliphatic heterocycles. The van der Waals surface area contributed by atoms with Gasteiger partial charge in [0.15, 0.2) is 0 Å². The van der Waals surface area contributed by atoms with Gasteiger partial charge in [-0.2, -0.15) is 0 Å². The summed E-state index contributed by atoms with van der Waals surface area (Å²) in [6.07, 6.45) is -0.533. The van der Waals surface area contributed by atoms with Crippen molar-refractivity contribution in [2.45, 2.75) is 19.6 Å². The Morgan fingerprint density at radius 1 is 1.12 bits per heavy atom. The zero-order valence-electron chi connectivity index (χ0n) is 13.3. The fraction of sp³-hybridized carbons (Fsp3) is 0.222. The van der Waals surface area contributed by atoms with Crippen LogP contribution in [0.4, 0.5) is 4.79 Å². The van der Waals surface area contributed by atoms with E-state index < -0.39 is 12.1 Å². The lowest BCUT2D eigenvalue weighted by Gasteiger charge is -2.15. The van der Waals surface area contributed by atoms with Gasteiger partial charge in [0.2, 0.25) is 0 Å². The smallest absolute Gasteiger partial charge is 0.407 e. The Labute approximate surface area is 140 Å². The molecule has 0 bridgehead atoms.